The second-order valence-corrected chi connectivity index (χ2v) is 3.30. The molecule has 0 radical (unpaired) electrons. The summed E-state index contributed by atoms with van der Waals surface area (Å²) in [5.41, 5.74) is 6.41. The van der Waals surface area contributed by atoms with E-state index >= 15 is 0 Å². The van der Waals surface area contributed by atoms with E-state index in [1.54, 1.807) is 0 Å². The summed E-state index contributed by atoms with van der Waals surface area (Å²) in [6, 6.07) is 18.6. The minimum absolute atomic E-state index is 1.15. The van der Waals surface area contributed by atoms with Gasteiger partial charge in [-0.15, -0.1) is 5.73 Å². The second-order valence-electron chi connectivity index (χ2n) is 3.30. The summed E-state index contributed by atoms with van der Waals surface area (Å²) in [5.74, 6) is 0. The predicted octanol–water partition coefficient (Wildman–Crippen LogP) is 4.15. The fourth-order valence-electron chi connectivity index (χ4n) is 1.61. The zero-order chi connectivity index (χ0) is 10.5. The minimum Gasteiger partial charge on any atom is -0.128 e. The number of hydrogen-bond acceptors (Lipinski definition) is 0. The molecule has 0 heteroatoms. The maximum Gasteiger partial charge on any atom is -0.0101 e. The predicted molar refractivity (Wildman–Crippen MR) is 65.5 cm³/mol. The smallest absolute Gasteiger partial charge is 0.0101 e. The SMILES string of the molecule is C=C=Cc1ccccc1-c1ccccc1. The van der Waals surface area contributed by atoms with Crippen molar-refractivity contribution in [1.82, 2.24) is 0 Å². The monoisotopic (exact) mass is 192 g/mol. The van der Waals surface area contributed by atoms with Crippen LogP contribution in [0, 0.1) is 0 Å². The minimum atomic E-state index is 1.15. The normalized spacial score (nSPS) is 9.33. The Morgan fingerprint density at radius 1 is 0.867 bits per heavy atom. The highest BCUT2D eigenvalue weighted by Gasteiger charge is 1.99. The largest absolute Gasteiger partial charge is 0.128 e. The van der Waals surface area contributed by atoms with Gasteiger partial charge < -0.3 is 0 Å². The van der Waals surface area contributed by atoms with Gasteiger partial charge in [-0.05, 0) is 22.8 Å². The third-order valence-corrected chi connectivity index (χ3v) is 2.30. The number of benzene rings is 2. The molecule has 0 aliphatic heterocycles. The summed E-state index contributed by atoms with van der Waals surface area (Å²) >= 11 is 0. The molecule has 0 N–H and O–H groups in total. The van der Waals surface area contributed by atoms with Crippen molar-refractivity contribution in [3.8, 4) is 11.1 Å². The van der Waals surface area contributed by atoms with Crippen molar-refractivity contribution in [2.45, 2.75) is 0 Å². The van der Waals surface area contributed by atoms with Crippen LogP contribution >= 0.6 is 0 Å². The average molecular weight is 192 g/mol. The first-order chi connectivity index (χ1) is 7.42. The van der Waals surface area contributed by atoms with E-state index in [9.17, 15) is 0 Å². The Morgan fingerprint density at radius 2 is 1.53 bits per heavy atom. The van der Waals surface area contributed by atoms with Gasteiger partial charge in [0.25, 0.3) is 0 Å². The summed E-state index contributed by atoms with van der Waals surface area (Å²) in [6.45, 7) is 3.61. The molecule has 0 spiro atoms. The van der Waals surface area contributed by atoms with E-state index in [1.807, 2.05) is 36.4 Å². The van der Waals surface area contributed by atoms with E-state index in [4.69, 9.17) is 0 Å². The molecule has 2 aromatic rings. The molecule has 0 aliphatic rings. The Balaban J connectivity index is 2.58. The molecular weight excluding hydrogens is 180 g/mol. The molecule has 0 bridgehead atoms. The Kier molecular flexibility index (Phi) is 2.82. The van der Waals surface area contributed by atoms with Crippen molar-refractivity contribution >= 4 is 6.08 Å². The molecule has 0 saturated carbocycles. The van der Waals surface area contributed by atoms with Crippen molar-refractivity contribution in [2.75, 3.05) is 0 Å². The second kappa shape index (κ2) is 4.45. The first kappa shape index (κ1) is 9.51. The molecule has 0 fully saturated rings. The van der Waals surface area contributed by atoms with Crippen molar-refractivity contribution in [3.05, 3.63) is 72.5 Å². The molecule has 2 rings (SSSR count). The number of hydrogen-bond donors (Lipinski definition) is 0. The van der Waals surface area contributed by atoms with Crippen LogP contribution in [0.4, 0.5) is 0 Å². The van der Waals surface area contributed by atoms with Gasteiger partial charge in [0.05, 0.1) is 0 Å². The molecule has 0 heterocycles. The fourth-order valence-corrected chi connectivity index (χ4v) is 1.61. The van der Waals surface area contributed by atoms with Crippen molar-refractivity contribution < 1.29 is 0 Å². The van der Waals surface area contributed by atoms with Gasteiger partial charge in [0, 0.05) is 0 Å². The molecule has 0 aliphatic carbocycles. The van der Waals surface area contributed by atoms with Crippen LogP contribution in [0.2, 0.25) is 0 Å². The van der Waals surface area contributed by atoms with Crippen molar-refractivity contribution in [2.24, 2.45) is 0 Å². The third-order valence-electron chi connectivity index (χ3n) is 2.30. The van der Waals surface area contributed by atoms with Crippen LogP contribution in [0.25, 0.3) is 17.2 Å². The van der Waals surface area contributed by atoms with Gasteiger partial charge in [0.1, 0.15) is 0 Å². The van der Waals surface area contributed by atoms with Crippen LogP contribution in [-0.4, -0.2) is 0 Å². The standard InChI is InChI=1S/C15H12/c1-2-8-13-11-6-7-12-15(13)14-9-4-3-5-10-14/h3-12H,1H2. The summed E-state index contributed by atoms with van der Waals surface area (Å²) < 4.78 is 0. The Hall–Kier alpha value is -2.04. The lowest BCUT2D eigenvalue weighted by Gasteiger charge is -2.04. The maximum atomic E-state index is 3.61. The average Bonchev–Trinajstić information content (AvgIpc) is 2.31. The Bertz CT molecular complexity index is 488. The molecular formula is C15H12. The first-order valence-electron chi connectivity index (χ1n) is 4.92. The molecule has 0 nitrogen and oxygen atoms in total. The van der Waals surface area contributed by atoms with Crippen LogP contribution in [0.5, 0.6) is 0 Å². The van der Waals surface area contributed by atoms with Crippen LogP contribution in [0.15, 0.2) is 66.9 Å². The Labute approximate surface area is 90.2 Å². The van der Waals surface area contributed by atoms with Gasteiger partial charge in [-0.2, -0.15) is 0 Å². The van der Waals surface area contributed by atoms with E-state index in [-0.39, 0.29) is 0 Å². The van der Waals surface area contributed by atoms with Crippen molar-refractivity contribution in [1.29, 1.82) is 0 Å². The zero-order valence-corrected chi connectivity index (χ0v) is 8.48. The third kappa shape index (κ3) is 2.07. The summed E-state index contributed by atoms with van der Waals surface area (Å²) in [7, 11) is 0. The molecule has 72 valence electrons. The summed E-state index contributed by atoms with van der Waals surface area (Å²) in [5, 5.41) is 0. The lowest BCUT2D eigenvalue weighted by atomic mass is 10.00. The van der Waals surface area contributed by atoms with Gasteiger partial charge in [-0.1, -0.05) is 61.2 Å². The van der Waals surface area contributed by atoms with E-state index in [0.29, 0.717) is 0 Å². The van der Waals surface area contributed by atoms with Crippen LogP contribution < -0.4 is 0 Å². The topological polar surface area (TPSA) is 0 Å². The molecule has 0 unspecified atom stereocenters. The van der Waals surface area contributed by atoms with Gasteiger partial charge in [-0.25, -0.2) is 0 Å². The van der Waals surface area contributed by atoms with Crippen molar-refractivity contribution in [3.63, 3.8) is 0 Å². The zero-order valence-electron chi connectivity index (χ0n) is 8.48. The van der Waals surface area contributed by atoms with E-state index in [1.165, 1.54) is 11.1 Å². The first-order valence-corrected chi connectivity index (χ1v) is 4.92. The van der Waals surface area contributed by atoms with Gasteiger partial charge in [-0.3, -0.25) is 0 Å². The quantitative estimate of drug-likeness (QED) is 0.627. The fraction of sp³-hybridized carbons (Fsp3) is 0. The molecule has 2 aromatic carbocycles. The molecule has 0 atom stereocenters. The van der Waals surface area contributed by atoms with Gasteiger partial charge >= 0.3 is 0 Å². The highest BCUT2D eigenvalue weighted by Crippen LogP contribution is 2.23. The van der Waals surface area contributed by atoms with E-state index in [2.05, 4.69) is 36.6 Å². The van der Waals surface area contributed by atoms with Crippen LogP contribution in [0.1, 0.15) is 5.56 Å². The lowest BCUT2D eigenvalue weighted by molar-refractivity contribution is 1.59. The van der Waals surface area contributed by atoms with Gasteiger partial charge in [0.15, 0.2) is 0 Å². The summed E-state index contributed by atoms with van der Waals surface area (Å²) in [6.07, 6.45) is 1.91. The van der Waals surface area contributed by atoms with E-state index in [0.717, 1.165) is 5.56 Å². The summed E-state index contributed by atoms with van der Waals surface area (Å²) in [4.78, 5) is 0. The van der Waals surface area contributed by atoms with E-state index < -0.39 is 0 Å². The Morgan fingerprint density at radius 3 is 2.27 bits per heavy atom. The van der Waals surface area contributed by atoms with Crippen LogP contribution in [-0.2, 0) is 0 Å². The number of rotatable bonds is 2. The molecule has 15 heavy (non-hydrogen) atoms. The van der Waals surface area contributed by atoms with Gasteiger partial charge in [0.2, 0.25) is 0 Å². The van der Waals surface area contributed by atoms with Crippen LogP contribution in [0.3, 0.4) is 0 Å². The highest BCUT2D eigenvalue weighted by atomic mass is 14.0. The molecule has 0 aromatic heterocycles. The molecule has 0 saturated heterocycles. The maximum absolute atomic E-state index is 3.61. The molecule has 0 amide bonds. The lowest BCUT2D eigenvalue weighted by Crippen LogP contribution is -1.81. The highest BCUT2D eigenvalue weighted by molar-refractivity contribution is 5.74.